The van der Waals surface area contributed by atoms with Crippen LogP contribution in [0.3, 0.4) is 0 Å². The first-order valence-corrected chi connectivity index (χ1v) is 9.62. The van der Waals surface area contributed by atoms with E-state index in [4.69, 9.17) is 10.7 Å². The lowest BCUT2D eigenvalue weighted by Crippen LogP contribution is -2.16. The van der Waals surface area contributed by atoms with E-state index in [9.17, 15) is 10.1 Å². The molecule has 0 aliphatic carbocycles. The molecule has 0 saturated carbocycles. The zero-order valence-corrected chi connectivity index (χ0v) is 17.3. The molecule has 3 aromatic heterocycles. The van der Waals surface area contributed by atoms with Crippen LogP contribution in [0.25, 0.3) is 16.8 Å². The maximum atomic E-state index is 11.4. The van der Waals surface area contributed by atoms with Gasteiger partial charge in [0.05, 0.1) is 17.3 Å². The number of nitrogens with one attached hydrogen (secondary N) is 1. The number of nitrogens with two attached hydrogens (primary N) is 1. The van der Waals surface area contributed by atoms with Gasteiger partial charge in [0.1, 0.15) is 29.6 Å². The smallest absolute Gasteiger partial charge is 0.171 e. The highest BCUT2D eigenvalue weighted by Gasteiger charge is 2.18. The van der Waals surface area contributed by atoms with Gasteiger partial charge in [-0.2, -0.15) is 10.4 Å². The van der Waals surface area contributed by atoms with Crippen LogP contribution in [0.5, 0.6) is 0 Å². The van der Waals surface area contributed by atoms with Crippen LogP contribution in [-0.2, 0) is 0 Å². The number of aryl methyl sites for hydroxylation is 2. The Balaban J connectivity index is 1.81. The van der Waals surface area contributed by atoms with Gasteiger partial charge in [0.25, 0.3) is 0 Å². The van der Waals surface area contributed by atoms with E-state index in [-0.39, 0.29) is 17.4 Å². The van der Waals surface area contributed by atoms with Gasteiger partial charge >= 0.3 is 0 Å². The van der Waals surface area contributed by atoms with Crippen molar-refractivity contribution in [3.8, 4) is 17.3 Å². The van der Waals surface area contributed by atoms with Gasteiger partial charge in [0.15, 0.2) is 12.1 Å². The molecule has 0 amide bonds. The van der Waals surface area contributed by atoms with Crippen molar-refractivity contribution >= 4 is 23.4 Å². The SMILES string of the molecule is Cc1cc(-c2nc(C(C)Nc3ncnc(N)c3C#N)nn3cccc23)cc(C)c1C=O. The highest BCUT2D eigenvalue weighted by Crippen LogP contribution is 2.28. The normalized spacial score (nSPS) is 11.8. The minimum atomic E-state index is -0.372. The predicted molar refractivity (Wildman–Crippen MR) is 116 cm³/mol. The molecule has 0 radical (unpaired) electrons. The lowest BCUT2D eigenvalue weighted by Gasteiger charge is -2.16. The van der Waals surface area contributed by atoms with Crippen LogP contribution in [0.2, 0.25) is 0 Å². The second kappa shape index (κ2) is 7.84. The highest BCUT2D eigenvalue weighted by molar-refractivity contribution is 5.84. The summed E-state index contributed by atoms with van der Waals surface area (Å²) >= 11 is 0. The Morgan fingerprint density at radius 1 is 1.26 bits per heavy atom. The largest absolute Gasteiger partial charge is 0.382 e. The standard InChI is InChI=1S/C22H20N8O/c1-12-7-15(8-13(2)17(12)10-31)19-18-5-4-6-30(18)29-21(28-19)14(3)27-22-16(9-23)20(24)25-11-26-22/h4-8,10-11,14H,1-3H3,(H3,24,25,26,27). The molecule has 0 aliphatic rings. The van der Waals surface area contributed by atoms with Crippen LogP contribution in [0, 0.1) is 25.2 Å². The van der Waals surface area contributed by atoms with E-state index in [0.29, 0.717) is 17.2 Å². The van der Waals surface area contributed by atoms with Gasteiger partial charge in [-0.05, 0) is 56.2 Å². The number of carbonyl (C=O) groups excluding carboxylic acids is 1. The van der Waals surface area contributed by atoms with Crippen molar-refractivity contribution < 1.29 is 4.79 Å². The average Bonchev–Trinajstić information content (AvgIpc) is 3.21. The minimum Gasteiger partial charge on any atom is -0.382 e. The number of nitrogen functional groups attached to an aromatic ring is 1. The van der Waals surface area contributed by atoms with E-state index in [2.05, 4.69) is 20.4 Å². The van der Waals surface area contributed by atoms with Crippen LogP contribution in [-0.4, -0.2) is 30.9 Å². The van der Waals surface area contributed by atoms with Crippen molar-refractivity contribution in [3.63, 3.8) is 0 Å². The number of benzene rings is 1. The molecule has 4 rings (SSSR count). The van der Waals surface area contributed by atoms with Crippen LogP contribution < -0.4 is 11.1 Å². The molecule has 1 aromatic carbocycles. The molecule has 0 fully saturated rings. The first-order valence-electron chi connectivity index (χ1n) is 9.62. The Morgan fingerprint density at radius 3 is 2.68 bits per heavy atom. The second-order valence-corrected chi connectivity index (χ2v) is 7.26. The molecule has 0 spiro atoms. The fourth-order valence-electron chi connectivity index (χ4n) is 3.53. The third kappa shape index (κ3) is 3.55. The number of nitriles is 1. The van der Waals surface area contributed by atoms with Gasteiger partial charge in [0.2, 0.25) is 0 Å². The Hall–Kier alpha value is -4.32. The van der Waals surface area contributed by atoms with Crippen LogP contribution in [0.1, 0.15) is 45.8 Å². The van der Waals surface area contributed by atoms with Gasteiger partial charge in [-0.25, -0.2) is 19.5 Å². The summed E-state index contributed by atoms with van der Waals surface area (Å²) in [5.74, 6) is 0.938. The van der Waals surface area contributed by atoms with Gasteiger partial charge in [-0.3, -0.25) is 4.79 Å². The molecule has 1 atom stereocenters. The second-order valence-electron chi connectivity index (χ2n) is 7.26. The summed E-state index contributed by atoms with van der Waals surface area (Å²) in [6.45, 7) is 5.69. The van der Waals surface area contributed by atoms with Crippen molar-refractivity contribution in [2.75, 3.05) is 11.1 Å². The monoisotopic (exact) mass is 412 g/mol. The summed E-state index contributed by atoms with van der Waals surface area (Å²) in [6, 6.07) is 9.39. The van der Waals surface area contributed by atoms with Crippen molar-refractivity contribution in [1.29, 1.82) is 5.26 Å². The molecule has 0 saturated heterocycles. The Morgan fingerprint density at radius 2 is 2.00 bits per heavy atom. The Bertz CT molecular complexity index is 1330. The molecule has 3 N–H and O–H groups in total. The lowest BCUT2D eigenvalue weighted by atomic mass is 9.98. The fourth-order valence-corrected chi connectivity index (χ4v) is 3.53. The van der Waals surface area contributed by atoms with E-state index < -0.39 is 0 Å². The van der Waals surface area contributed by atoms with Gasteiger partial charge in [0, 0.05) is 17.3 Å². The third-order valence-electron chi connectivity index (χ3n) is 5.12. The number of aromatic nitrogens is 5. The molecule has 0 bridgehead atoms. The van der Waals surface area contributed by atoms with Gasteiger partial charge < -0.3 is 11.1 Å². The zero-order chi connectivity index (χ0) is 22.1. The predicted octanol–water partition coefficient (Wildman–Crippen LogP) is 3.24. The molecule has 9 heteroatoms. The van der Waals surface area contributed by atoms with Crippen LogP contribution >= 0.6 is 0 Å². The molecule has 0 aliphatic heterocycles. The molecule has 3 heterocycles. The Labute approximate surface area is 178 Å². The highest BCUT2D eigenvalue weighted by atomic mass is 16.1. The summed E-state index contributed by atoms with van der Waals surface area (Å²) < 4.78 is 1.76. The molecule has 154 valence electrons. The van der Waals surface area contributed by atoms with E-state index in [1.807, 2.05) is 57.3 Å². The molecular formula is C22H20N8O. The number of aldehydes is 1. The van der Waals surface area contributed by atoms with E-state index in [1.165, 1.54) is 6.33 Å². The number of fused-ring (bicyclic) bond motifs is 1. The van der Waals surface area contributed by atoms with Crippen LogP contribution in [0.15, 0.2) is 36.8 Å². The average molecular weight is 412 g/mol. The molecule has 9 nitrogen and oxygen atoms in total. The molecule has 31 heavy (non-hydrogen) atoms. The lowest BCUT2D eigenvalue weighted by molar-refractivity contribution is 0.112. The van der Waals surface area contributed by atoms with Crippen molar-refractivity contribution in [3.05, 3.63) is 64.9 Å². The number of nitrogens with zero attached hydrogens (tertiary/aromatic N) is 6. The van der Waals surface area contributed by atoms with Crippen molar-refractivity contribution in [2.24, 2.45) is 0 Å². The number of hydrogen-bond acceptors (Lipinski definition) is 8. The topological polar surface area (TPSA) is 135 Å². The Kier molecular flexibility index (Phi) is 5.05. The summed E-state index contributed by atoms with van der Waals surface area (Å²) in [4.78, 5) is 24.2. The number of hydrogen-bond donors (Lipinski definition) is 2. The van der Waals surface area contributed by atoms with Crippen molar-refractivity contribution in [1.82, 2.24) is 24.6 Å². The first kappa shape index (κ1) is 20.0. The van der Waals surface area contributed by atoms with Crippen molar-refractivity contribution in [2.45, 2.75) is 26.8 Å². The summed E-state index contributed by atoms with van der Waals surface area (Å²) in [5, 5.41) is 17.1. The van der Waals surface area contributed by atoms with Gasteiger partial charge in [-0.1, -0.05) is 0 Å². The van der Waals surface area contributed by atoms with Crippen LogP contribution in [0.4, 0.5) is 11.6 Å². The number of anilines is 2. The molecular weight excluding hydrogens is 392 g/mol. The summed E-state index contributed by atoms with van der Waals surface area (Å²) in [7, 11) is 0. The third-order valence-corrected chi connectivity index (χ3v) is 5.12. The zero-order valence-electron chi connectivity index (χ0n) is 17.3. The van der Waals surface area contributed by atoms with Gasteiger partial charge in [-0.15, -0.1) is 0 Å². The fraction of sp³-hybridized carbons (Fsp3) is 0.182. The maximum absolute atomic E-state index is 11.4. The van der Waals surface area contributed by atoms with E-state index >= 15 is 0 Å². The van der Waals surface area contributed by atoms with E-state index in [1.54, 1.807) is 4.52 Å². The summed E-state index contributed by atoms with van der Waals surface area (Å²) in [5.41, 5.74) is 10.9. The van der Waals surface area contributed by atoms with E-state index in [0.717, 1.165) is 34.2 Å². The molecule has 1 unspecified atom stereocenters. The quantitative estimate of drug-likeness (QED) is 0.477. The minimum absolute atomic E-state index is 0.107. The number of carbonyl (C=O) groups is 1. The summed E-state index contributed by atoms with van der Waals surface area (Å²) in [6.07, 6.45) is 4.02. The number of rotatable bonds is 5. The maximum Gasteiger partial charge on any atom is 0.171 e. The molecule has 4 aromatic rings. The first-order chi connectivity index (χ1) is 14.9.